The molecule has 0 radical (unpaired) electrons. The molecule has 0 saturated heterocycles. The van der Waals surface area contributed by atoms with Crippen molar-refractivity contribution in [2.75, 3.05) is 6.67 Å². The standard InChI is InChI=1S/C11H20FN3/c1-4-10(13)7-11-8(2)14-15(6-5-12)9(11)3/h10H,4-7,13H2,1-3H3. The van der Waals surface area contributed by atoms with E-state index in [0.717, 1.165) is 24.2 Å². The Morgan fingerprint density at radius 3 is 2.67 bits per heavy atom. The van der Waals surface area contributed by atoms with Crippen LogP contribution in [0.5, 0.6) is 0 Å². The van der Waals surface area contributed by atoms with Gasteiger partial charge in [-0.25, -0.2) is 4.39 Å². The molecule has 0 aromatic carbocycles. The fourth-order valence-corrected chi connectivity index (χ4v) is 1.73. The summed E-state index contributed by atoms with van der Waals surface area (Å²) in [4.78, 5) is 0. The number of alkyl halides is 1. The summed E-state index contributed by atoms with van der Waals surface area (Å²) in [5.41, 5.74) is 9.12. The second-order valence-corrected chi connectivity index (χ2v) is 3.93. The molecular weight excluding hydrogens is 193 g/mol. The van der Waals surface area contributed by atoms with Gasteiger partial charge in [-0.1, -0.05) is 6.92 Å². The molecule has 0 bridgehead atoms. The highest BCUT2D eigenvalue weighted by Gasteiger charge is 2.13. The van der Waals surface area contributed by atoms with Crippen LogP contribution in [0.1, 0.15) is 30.3 Å². The Labute approximate surface area is 90.5 Å². The number of aromatic nitrogens is 2. The van der Waals surface area contributed by atoms with E-state index in [4.69, 9.17) is 5.73 Å². The minimum atomic E-state index is -0.374. The van der Waals surface area contributed by atoms with Crippen molar-refractivity contribution < 1.29 is 4.39 Å². The Balaban J connectivity index is 2.87. The number of halogens is 1. The molecule has 0 saturated carbocycles. The van der Waals surface area contributed by atoms with E-state index in [0.29, 0.717) is 6.54 Å². The fourth-order valence-electron chi connectivity index (χ4n) is 1.73. The molecular formula is C11H20FN3. The third-order valence-corrected chi connectivity index (χ3v) is 2.82. The van der Waals surface area contributed by atoms with Gasteiger partial charge in [0, 0.05) is 11.7 Å². The van der Waals surface area contributed by atoms with E-state index < -0.39 is 0 Å². The fraction of sp³-hybridized carbons (Fsp3) is 0.727. The number of aryl methyl sites for hydroxylation is 2. The van der Waals surface area contributed by atoms with Crippen molar-refractivity contribution in [3.8, 4) is 0 Å². The highest BCUT2D eigenvalue weighted by Crippen LogP contribution is 2.15. The van der Waals surface area contributed by atoms with Crippen molar-refractivity contribution in [1.82, 2.24) is 9.78 Å². The monoisotopic (exact) mass is 213 g/mol. The summed E-state index contributed by atoms with van der Waals surface area (Å²) < 4.78 is 14.0. The maximum Gasteiger partial charge on any atom is 0.109 e. The summed E-state index contributed by atoms with van der Waals surface area (Å²) in [5.74, 6) is 0. The molecule has 15 heavy (non-hydrogen) atoms. The van der Waals surface area contributed by atoms with Crippen LogP contribution in [0.3, 0.4) is 0 Å². The first-order chi connectivity index (χ1) is 7.10. The van der Waals surface area contributed by atoms with Gasteiger partial charge in [0.2, 0.25) is 0 Å². The molecule has 1 heterocycles. The summed E-state index contributed by atoms with van der Waals surface area (Å²) in [6, 6.07) is 0.172. The van der Waals surface area contributed by atoms with Gasteiger partial charge < -0.3 is 5.73 Å². The molecule has 86 valence electrons. The largest absolute Gasteiger partial charge is 0.327 e. The lowest BCUT2D eigenvalue weighted by Gasteiger charge is -2.09. The van der Waals surface area contributed by atoms with Crippen LogP contribution >= 0.6 is 0 Å². The van der Waals surface area contributed by atoms with Crippen LogP contribution in [0, 0.1) is 13.8 Å². The molecule has 3 nitrogen and oxygen atoms in total. The average molecular weight is 213 g/mol. The molecule has 1 atom stereocenters. The van der Waals surface area contributed by atoms with Gasteiger partial charge in [-0.2, -0.15) is 5.10 Å². The molecule has 1 unspecified atom stereocenters. The van der Waals surface area contributed by atoms with Crippen LogP contribution < -0.4 is 5.73 Å². The lowest BCUT2D eigenvalue weighted by Crippen LogP contribution is -2.22. The Bertz CT molecular complexity index is 320. The third-order valence-electron chi connectivity index (χ3n) is 2.82. The van der Waals surface area contributed by atoms with Gasteiger partial charge in [-0.15, -0.1) is 0 Å². The number of rotatable bonds is 5. The first-order valence-electron chi connectivity index (χ1n) is 5.44. The summed E-state index contributed by atoms with van der Waals surface area (Å²) in [5, 5.41) is 4.31. The van der Waals surface area contributed by atoms with Crippen LogP contribution in [0.2, 0.25) is 0 Å². The van der Waals surface area contributed by atoms with Crippen LogP contribution in [0.15, 0.2) is 0 Å². The molecule has 0 fully saturated rings. The van der Waals surface area contributed by atoms with Crippen LogP contribution in [-0.4, -0.2) is 22.5 Å². The Morgan fingerprint density at radius 2 is 2.13 bits per heavy atom. The molecule has 4 heteroatoms. The maximum atomic E-state index is 12.2. The van der Waals surface area contributed by atoms with Crippen molar-refractivity contribution in [3.63, 3.8) is 0 Å². The first kappa shape index (κ1) is 12.2. The smallest absolute Gasteiger partial charge is 0.109 e. The molecule has 1 aromatic heterocycles. The number of nitrogens with zero attached hydrogens (tertiary/aromatic N) is 2. The van der Waals surface area contributed by atoms with Crippen LogP contribution in [0.4, 0.5) is 4.39 Å². The first-order valence-corrected chi connectivity index (χ1v) is 5.44. The molecule has 0 amide bonds. The van der Waals surface area contributed by atoms with E-state index in [1.807, 2.05) is 13.8 Å². The highest BCUT2D eigenvalue weighted by atomic mass is 19.1. The number of hydrogen-bond donors (Lipinski definition) is 1. The highest BCUT2D eigenvalue weighted by molar-refractivity contribution is 5.25. The minimum absolute atomic E-state index is 0.172. The Hall–Kier alpha value is -0.900. The zero-order chi connectivity index (χ0) is 11.4. The Morgan fingerprint density at radius 1 is 1.47 bits per heavy atom. The Kier molecular flexibility index (Phi) is 4.27. The maximum absolute atomic E-state index is 12.2. The number of hydrogen-bond acceptors (Lipinski definition) is 2. The number of nitrogens with two attached hydrogens (primary N) is 1. The van der Waals surface area contributed by atoms with Gasteiger partial charge in [0.15, 0.2) is 0 Å². The average Bonchev–Trinajstić information content (AvgIpc) is 2.46. The summed E-state index contributed by atoms with van der Waals surface area (Å²) >= 11 is 0. The topological polar surface area (TPSA) is 43.8 Å². The molecule has 0 aliphatic heterocycles. The molecule has 2 N–H and O–H groups in total. The lowest BCUT2D eigenvalue weighted by atomic mass is 10.0. The SMILES string of the molecule is CCC(N)Cc1c(C)nn(CCF)c1C. The van der Waals surface area contributed by atoms with Gasteiger partial charge in [0.1, 0.15) is 6.67 Å². The molecule has 1 rings (SSSR count). The zero-order valence-electron chi connectivity index (χ0n) is 9.76. The minimum Gasteiger partial charge on any atom is -0.327 e. The van der Waals surface area contributed by atoms with Crippen LogP contribution in [0.25, 0.3) is 0 Å². The van der Waals surface area contributed by atoms with Crippen molar-refractivity contribution >= 4 is 0 Å². The van der Waals surface area contributed by atoms with Crippen molar-refractivity contribution in [1.29, 1.82) is 0 Å². The van der Waals surface area contributed by atoms with E-state index in [2.05, 4.69) is 12.0 Å². The summed E-state index contributed by atoms with van der Waals surface area (Å²) in [6.07, 6.45) is 1.79. The van der Waals surface area contributed by atoms with E-state index in [1.54, 1.807) is 4.68 Å². The van der Waals surface area contributed by atoms with E-state index in [1.165, 1.54) is 5.56 Å². The van der Waals surface area contributed by atoms with Gasteiger partial charge in [-0.05, 0) is 32.3 Å². The molecule has 1 aromatic rings. The molecule has 0 aliphatic carbocycles. The van der Waals surface area contributed by atoms with E-state index in [-0.39, 0.29) is 12.7 Å². The van der Waals surface area contributed by atoms with Crippen LogP contribution in [-0.2, 0) is 13.0 Å². The van der Waals surface area contributed by atoms with Crippen molar-refractivity contribution in [2.24, 2.45) is 5.73 Å². The second-order valence-electron chi connectivity index (χ2n) is 3.93. The third kappa shape index (κ3) is 2.78. The van der Waals surface area contributed by atoms with Gasteiger partial charge in [0.25, 0.3) is 0 Å². The van der Waals surface area contributed by atoms with Crippen molar-refractivity contribution in [2.45, 2.75) is 46.2 Å². The van der Waals surface area contributed by atoms with Gasteiger partial charge in [0.05, 0.1) is 12.2 Å². The second kappa shape index (κ2) is 5.26. The van der Waals surface area contributed by atoms with E-state index in [9.17, 15) is 4.39 Å². The van der Waals surface area contributed by atoms with Gasteiger partial charge in [-0.3, -0.25) is 4.68 Å². The predicted octanol–water partition coefficient (Wildman–Crippen LogP) is 1.75. The zero-order valence-corrected chi connectivity index (χ0v) is 9.76. The van der Waals surface area contributed by atoms with Crippen molar-refractivity contribution in [3.05, 3.63) is 17.0 Å². The summed E-state index contributed by atoms with van der Waals surface area (Å²) in [6.45, 7) is 5.98. The van der Waals surface area contributed by atoms with E-state index >= 15 is 0 Å². The molecule has 0 spiro atoms. The quantitative estimate of drug-likeness (QED) is 0.809. The molecule has 0 aliphatic rings. The normalized spacial score (nSPS) is 13.1. The van der Waals surface area contributed by atoms with Gasteiger partial charge >= 0.3 is 0 Å². The summed E-state index contributed by atoms with van der Waals surface area (Å²) in [7, 11) is 0. The lowest BCUT2D eigenvalue weighted by molar-refractivity contribution is 0.422. The predicted molar refractivity (Wildman–Crippen MR) is 59.6 cm³/mol.